The van der Waals surface area contributed by atoms with Gasteiger partial charge in [0, 0.05) is 26.6 Å². The molecule has 2 aromatic carbocycles. The molecule has 0 spiro atoms. The Morgan fingerprint density at radius 2 is 1.75 bits per heavy atom. The van der Waals surface area contributed by atoms with Gasteiger partial charge in [0.1, 0.15) is 0 Å². The van der Waals surface area contributed by atoms with Gasteiger partial charge in [0.05, 0.1) is 28.6 Å². The van der Waals surface area contributed by atoms with E-state index in [4.69, 9.17) is 34.8 Å². The Kier molecular flexibility index (Phi) is 6.17. The van der Waals surface area contributed by atoms with Crippen LogP contribution in [0.5, 0.6) is 0 Å². The van der Waals surface area contributed by atoms with Crippen LogP contribution >= 0.6 is 34.8 Å². The zero-order chi connectivity index (χ0) is 20.5. The second-order valence-electron chi connectivity index (χ2n) is 5.97. The van der Waals surface area contributed by atoms with Crippen molar-refractivity contribution in [1.82, 2.24) is 14.5 Å². The molecule has 0 saturated carbocycles. The minimum atomic E-state index is -3.58. The molecule has 3 aromatic rings. The number of hydrogen-bond acceptors (Lipinski definition) is 3. The monoisotopic (exact) mass is 455 g/mol. The molecule has 0 amide bonds. The fourth-order valence-corrected chi connectivity index (χ4v) is 3.78. The van der Waals surface area contributed by atoms with Gasteiger partial charge in [0.2, 0.25) is 10.0 Å². The normalized spacial score (nSPS) is 11.6. The molecule has 28 heavy (non-hydrogen) atoms. The summed E-state index contributed by atoms with van der Waals surface area (Å²) in [6.07, 6.45) is 0. The van der Waals surface area contributed by atoms with Gasteiger partial charge < -0.3 is 0 Å². The fourth-order valence-electron chi connectivity index (χ4n) is 2.71. The zero-order valence-electron chi connectivity index (χ0n) is 14.8. The molecule has 0 bridgehead atoms. The van der Waals surface area contributed by atoms with Crippen LogP contribution in [0.1, 0.15) is 11.3 Å². The quantitative estimate of drug-likeness (QED) is 0.542. The Labute approximate surface area is 178 Å². The van der Waals surface area contributed by atoms with Crippen LogP contribution < -0.4 is 4.72 Å². The van der Waals surface area contributed by atoms with Gasteiger partial charge in [-0.25, -0.2) is 17.8 Å². The van der Waals surface area contributed by atoms with E-state index in [1.54, 1.807) is 35.0 Å². The predicted molar refractivity (Wildman–Crippen MR) is 115 cm³/mol. The van der Waals surface area contributed by atoms with Gasteiger partial charge in [-0.15, -0.1) is 0 Å². The molecule has 0 aliphatic rings. The summed E-state index contributed by atoms with van der Waals surface area (Å²) in [6.45, 7) is 5.18. The highest BCUT2D eigenvalue weighted by atomic mass is 35.5. The number of nitrogens with one attached hydrogen (secondary N) is 1. The van der Waals surface area contributed by atoms with Crippen molar-refractivity contribution in [2.45, 2.75) is 13.5 Å². The number of benzene rings is 2. The van der Waals surface area contributed by atoms with Crippen LogP contribution in [0.2, 0.25) is 15.1 Å². The maximum atomic E-state index is 11.7. The number of rotatable bonds is 6. The van der Waals surface area contributed by atoms with Crippen molar-refractivity contribution in [3.63, 3.8) is 0 Å². The Hall–Kier alpha value is -1.83. The van der Waals surface area contributed by atoms with Crippen LogP contribution in [0.3, 0.4) is 0 Å². The highest BCUT2D eigenvalue weighted by Crippen LogP contribution is 2.33. The van der Waals surface area contributed by atoms with Crippen molar-refractivity contribution in [3.8, 4) is 16.9 Å². The molecule has 5 nitrogen and oxygen atoms in total. The molecule has 0 unspecified atom stereocenters. The Morgan fingerprint density at radius 1 is 1.11 bits per heavy atom. The van der Waals surface area contributed by atoms with Crippen LogP contribution in [-0.2, 0) is 16.6 Å². The van der Waals surface area contributed by atoms with Crippen molar-refractivity contribution < 1.29 is 8.42 Å². The average molecular weight is 457 g/mol. The maximum Gasteiger partial charge on any atom is 0.233 e. The molecule has 1 N–H and O–H groups in total. The lowest BCUT2D eigenvalue weighted by molar-refractivity contribution is 0.589. The number of halogens is 3. The summed E-state index contributed by atoms with van der Waals surface area (Å²) < 4.78 is 27.6. The molecule has 0 aliphatic heterocycles. The Bertz CT molecular complexity index is 1140. The van der Waals surface area contributed by atoms with Gasteiger partial charge in [-0.2, -0.15) is 5.10 Å². The SMILES string of the molecule is C=CS(=O)(=O)NCc1nn(-c2ccc(Cl)cc2Cl)c(-c2ccc(Cl)cc2)c1C. The maximum absolute atomic E-state index is 11.7. The van der Waals surface area contributed by atoms with Crippen LogP contribution in [-0.4, -0.2) is 18.2 Å². The van der Waals surface area contributed by atoms with Crippen molar-refractivity contribution in [2.75, 3.05) is 0 Å². The molecule has 1 heterocycles. The van der Waals surface area contributed by atoms with Gasteiger partial charge in [0.15, 0.2) is 0 Å². The van der Waals surface area contributed by atoms with Gasteiger partial charge in [-0.3, -0.25) is 0 Å². The number of aromatic nitrogens is 2. The lowest BCUT2D eigenvalue weighted by Gasteiger charge is -2.11. The third kappa shape index (κ3) is 4.42. The lowest BCUT2D eigenvalue weighted by Crippen LogP contribution is -2.21. The Balaban J connectivity index is 2.17. The number of hydrogen-bond donors (Lipinski definition) is 1. The van der Waals surface area contributed by atoms with E-state index in [1.807, 2.05) is 19.1 Å². The molecule has 0 fully saturated rings. The van der Waals surface area contributed by atoms with E-state index in [1.165, 1.54) is 0 Å². The van der Waals surface area contributed by atoms with Crippen LogP contribution in [0, 0.1) is 6.92 Å². The van der Waals surface area contributed by atoms with Gasteiger partial charge in [-0.05, 0) is 37.3 Å². The van der Waals surface area contributed by atoms with Crippen LogP contribution in [0.25, 0.3) is 16.9 Å². The zero-order valence-corrected chi connectivity index (χ0v) is 17.9. The third-order valence-electron chi connectivity index (χ3n) is 4.14. The van der Waals surface area contributed by atoms with E-state index in [9.17, 15) is 8.42 Å². The first-order valence-corrected chi connectivity index (χ1v) is 10.8. The molecule has 0 atom stereocenters. The molecule has 0 aliphatic carbocycles. The average Bonchev–Trinajstić information content (AvgIpc) is 2.97. The summed E-state index contributed by atoms with van der Waals surface area (Å²) in [5, 5.41) is 6.99. The van der Waals surface area contributed by atoms with Gasteiger partial charge in [0.25, 0.3) is 0 Å². The minimum absolute atomic E-state index is 0.0129. The molecule has 9 heteroatoms. The molecule has 3 rings (SSSR count). The van der Waals surface area contributed by atoms with Gasteiger partial charge >= 0.3 is 0 Å². The van der Waals surface area contributed by atoms with E-state index in [-0.39, 0.29) is 6.54 Å². The molecule has 1 aromatic heterocycles. The summed E-state index contributed by atoms with van der Waals surface area (Å²) in [6, 6.07) is 12.4. The smallest absolute Gasteiger partial charge is 0.231 e. The standard InChI is InChI=1S/C19H16Cl3N3O2S/c1-3-28(26,27)23-11-17-12(2)19(13-4-6-14(20)7-5-13)25(24-17)18-9-8-15(21)10-16(18)22/h3-10,23H,1,11H2,2H3. The van der Waals surface area contributed by atoms with Crippen LogP contribution in [0.4, 0.5) is 0 Å². The molecule has 0 radical (unpaired) electrons. The molecular weight excluding hydrogens is 441 g/mol. The summed E-state index contributed by atoms with van der Waals surface area (Å²) in [5.41, 5.74) is 3.62. The highest BCUT2D eigenvalue weighted by molar-refractivity contribution is 7.92. The highest BCUT2D eigenvalue weighted by Gasteiger charge is 2.20. The van der Waals surface area contributed by atoms with E-state index < -0.39 is 10.0 Å². The summed E-state index contributed by atoms with van der Waals surface area (Å²) in [4.78, 5) is 0. The van der Waals surface area contributed by atoms with E-state index in [2.05, 4.69) is 16.4 Å². The summed E-state index contributed by atoms with van der Waals surface area (Å²) >= 11 is 18.4. The largest absolute Gasteiger partial charge is 0.233 e. The second-order valence-corrected chi connectivity index (χ2v) is 8.96. The summed E-state index contributed by atoms with van der Waals surface area (Å²) in [5.74, 6) is 0. The van der Waals surface area contributed by atoms with Crippen molar-refractivity contribution in [1.29, 1.82) is 0 Å². The van der Waals surface area contributed by atoms with E-state index in [0.29, 0.717) is 26.4 Å². The first-order valence-electron chi connectivity index (χ1n) is 8.14. The molecule has 146 valence electrons. The first kappa shape index (κ1) is 20.9. The fraction of sp³-hybridized carbons (Fsp3) is 0.105. The summed E-state index contributed by atoms with van der Waals surface area (Å²) in [7, 11) is -3.58. The Morgan fingerprint density at radius 3 is 2.36 bits per heavy atom. The number of sulfonamides is 1. The minimum Gasteiger partial charge on any atom is -0.231 e. The van der Waals surface area contributed by atoms with E-state index >= 15 is 0 Å². The molecular formula is C19H16Cl3N3O2S. The van der Waals surface area contributed by atoms with Gasteiger partial charge in [-0.1, -0.05) is 53.5 Å². The lowest BCUT2D eigenvalue weighted by atomic mass is 10.1. The third-order valence-corrected chi connectivity index (χ3v) is 5.91. The number of nitrogens with zero attached hydrogens (tertiary/aromatic N) is 2. The molecule has 0 saturated heterocycles. The van der Waals surface area contributed by atoms with Crippen molar-refractivity contribution in [2.24, 2.45) is 0 Å². The predicted octanol–water partition coefficient (Wildman–Crippen LogP) is 5.37. The van der Waals surface area contributed by atoms with Crippen molar-refractivity contribution in [3.05, 3.63) is 80.8 Å². The van der Waals surface area contributed by atoms with E-state index in [0.717, 1.165) is 22.2 Å². The topological polar surface area (TPSA) is 64.0 Å². The van der Waals surface area contributed by atoms with Crippen LogP contribution in [0.15, 0.2) is 54.5 Å². The van der Waals surface area contributed by atoms with Crippen molar-refractivity contribution >= 4 is 44.8 Å². The first-order chi connectivity index (χ1) is 13.2. The second kappa shape index (κ2) is 8.27.